The van der Waals surface area contributed by atoms with Crippen LogP contribution in [0.25, 0.3) is 0 Å². The second-order valence-corrected chi connectivity index (χ2v) is 5.52. The fraction of sp³-hybridized carbons (Fsp3) is 0.471. The van der Waals surface area contributed by atoms with Crippen molar-refractivity contribution in [2.75, 3.05) is 13.2 Å². The molecular formula is C17H23N3O. The second-order valence-electron chi connectivity index (χ2n) is 5.52. The van der Waals surface area contributed by atoms with Crippen molar-refractivity contribution in [2.24, 2.45) is 0 Å². The third-order valence-corrected chi connectivity index (χ3v) is 3.98. The number of hydrogen-bond donors (Lipinski definition) is 1. The number of rotatable bonds is 7. The highest BCUT2D eigenvalue weighted by Crippen LogP contribution is 2.33. The Kier molecular flexibility index (Phi) is 4.55. The van der Waals surface area contributed by atoms with E-state index in [2.05, 4.69) is 35.5 Å². The van der Waals surface area contributed by atoms with E-state index in [4.69, 9.17) is 4.74 Å². The van der Waals surface area contributed by atoms with Crippen LogP contribution in [0.15, 0.2) is 36.7 Å². The van der Waals surface area contributed by atoms with Gasteiger partial charge in [0, 0.05) is 18.4 Å². The molecule has 0 saturated carbocycles. The van der Waals surface area contributed by atoms with E-state index in [0.717, 1.165) is 25.3 Å². The first-order valence-electron chi connectivity index (χ1n) is 7.83. The lowest BCUT2D eigenvalue weighted by Gasteiger charge is -2.14. The van der Waals surface area contributed by atoms with Gasteiger partial charge in [-0.25, -0.2) is 0 Å². The van der Waals surface area contributed by atoms with Gasteiger partial charge in [0.15, 0.2) is 0 Å². The average Bonchev–Trinajstić information content (AvgIpc) is 3.14. The number of benzene rings is 1. The third kappa shape index (κ3) is 3.45. The number of aryl methyl sites for hydroxylation is 1. The van der Waals surface area contributed by atoms with Gasteiger partial charge in [-0.1, -0.05) is 13.0 Å². The van der Waals surface area contributed by atoms with E-state index in [1.54, 1.807) is 6.20 Å². The van der Waals surface area contributed by atoms with Gasteiger partial charge in [-0.2, -0.15) is 5.10 Å². The molecule has 1 aliphatic carbocycles. The van der Waals surface area contributed by atoms with Crippen molar-refractivity contribution in [1.29, 1.82) is 0 Å². The summed E-state index contributed by atoms with van der Waals surface area (Å²) in [5.41, 5.74) is 2.88. The van der Waals surface area contributed by atoms with Gasteiger partial charge in [0.25, 0.3) is 0 Å². The fourth-order valence-corrected chi connectivity index (χ4v) is 2.90. The lowest BCUT2D eigenvalue weighted by Crippen LogP contribution is -2.19. The van der Waals surface area contributed by atoms with E-state index in [1.165, 1.54) is 24.0 Å². The molecule has 1 atom stereocenters. The van der Waals surface area contributed by atoms with E-state index in [0.29, 0.717) is 12.6 Å². The maximum atomic E-state index is 5.84. The van der Waals surface area contributed by atoms with Crippen molar-refractivity contribution in [3.63, 3.8) is 0 Å². The van der Waals surface area contributed by atoms with E-state index in [1.807, 2.05) is 16.9 Å². The first kappa shape index (κ1) is 14.1. The van der Waals surface area contributed by atoms with Gasteiger partial charge in [0.05, 0.1) is 6.54 Å². The van der Waals surface area contributed by atoms with Gasteiger partial charge >= 0.3 is 0 Å². The topological polar surface area (TPSA) is 39.1 Å². The van der Waals surface area contributed by atoms with Crippen LogP contribution in [-0.4, -0.2) is 22.9 Å². The van der Waals surface area contributed by atoms with E-state index < -0.39 is 0 Å². The van der Waals surface area contributed by atoms with E-state index >= 15 is 0 Å². The Balaban J connectivity index is 1.56. The van der Waals surface area contributed by atoms with Crippen molar-refractivity contribution in [1.82, 2.24) is 15.1 Å². The minimum atomic E-state index is 0.526. The number of aromatic nitrogens is 2. The van der Waals surface area contributed by atoms with E-state index in [-0.39, 0.29) is 0 Å². The van der Waals surface area contributed by atoms with Gasteiger partial charge in [0.1, 0.15) is 12.4 Å². The van der Waals surface area contributed by atoms with Crippen LogP contribution in [0.1, 0.15) is 36.9 Å². The molecule has 0 aliphatic heterocycles. The highest BCUT2D eigenvalue weighted by molar-refractivity contribution is 5.40. The summed E-state index contributed by atoms with van der Waals surface area (Å²) in [6.07, 6.45) is 7.27. The zero-order valence-corrected chi connectivity index (χ0v) is 12.6. The zero-order valence-electron chi connectivity index (χ0n) is 12.6. The Hall–Kier alpha value is -1.81. The summed E-state index contributed by atoms with van der Waals surface area (Å²) in [5.74, 6) is 0.969. The highest BCUT2D eigenvalue weighted by atomic mass is 16.5. The normalized spacial score (nSPS) is 16.9. The van der Waals surface area contributed by atoms with Gasteiger partial charge in [-0.15, -0.1) is 0 Å². The molecule has 4 heteroatoms. The number of nitrogens with zero attached hydrogens (tertiary/aromatic N) is 2. The molecule has 0 saturated heterocycles. The number of nitrogens with one attached hydrogen (secondary N) is 1. The monoisotopic (exact) mass is 285 g/mol. The average molecular weight is 285 g/mol. The van der Waals surface area contributed by atoms with Crippen LogP contribution in [0.4, 0.5) is 0 Å². The zero-order chi connectivity index (χ0) is 14.5. The summed E-state index contributed by atoms with van der Waals surface area (Å²) in [6.45, 7) is 4.73. The maximum Gasteiger partial charge on any atom is 0.119 e. The molecule has 112 valence electrons. The van der Waals surface area contributed by atoms with E-state index in [9.17, 15) is 0 Å². The molecule has 1 heterocycles. The van der Waals surface area contributed by atoms with Crippen molar-refractivity contribution in [3.8, 4) is 5.75 Å². The first-order valence-corrected chi connectivity index (χ1v) is 7.83. The molecule has 0 radical (unpaired) electrons. The smallest absolute Gasteiger partial charge is 0.119 e. The molecule has 1 aliphatic rings. The predicted molar refractivity (Wildman–Crippen MR) is 83.5 cm³/mol. The summed E-state index contributed by atoms with van der Waals surface area (Å²) in [5, 5.41) is 7.79. The Labute approximate surface area is 126 Å². The molecule has 3 rings (SSSR count). The van der Waals surface area contributed by atoms with Gasteiger partial charge in [-0.3, -0.25) is 4.68 Å². The summed E-state index contributed by atoms with van der Waals surface area (Å²) >= 11 is 0. The lowest BCUT2D eigenvalue weighted by molar-refractivity contribution is 0.291. The Morgan fingerprint density at radius 2 is 2.38 bits per heavy atom. The van der Waals surface area contributed by atoms with Gasteiger partial charge in [-0.05, 0) is 55.1 Å². The molecule has 0 fully saturated rings. The minimum Gasteiger partial charge on any atom is -0.492 e. The molecule has 2 aromatic rings. The van der Waals surface area contributed by atoms with Crippen molar-refractivity contribution < 1.29 is 4.74 Å². The minimum absolute atomic E-state index is 0.526. The molecule has 1 unspecified atom stereocenters. The number of fused-ring (bicyclic) bond motifs is 1. The fourth-order valence-electron chi connectivity index (χ4n) is 2.90. The van der Waals surface area contributed by atoms with Crippen LogP contribution < -0.4 is 10.1 Å². The SMILES string of the molecule is CCCNC1CCc2cc(OCCn3cccn3)ccc21. The van der Waals surface area contributed by atoms with Gasteiger partial charge in [0.2, 0.25) is 0 Å². The van der Waals surface area contributed by atoms with Crippen LogP contribution >= 0.6 is 0 Å². The molecule has 1 aromatic carbocycles. The van der Waals surface area contributed by atoms with Crippen LogP contribution in [-0.2, 0) is 13.0 Å². The number of hydrogen-bond acceptors (Lipinski definition) is 3. The van der Waals surface area contributed by atoms with Crippen LogP contribution in [0.2, 0.25) is 0 Å². The second kappa shape index (κ2) is 6.76. The van der Waals surface area contributed by atoms with Crippen LogP contribution in [0.5, 0.6) is 5.75 Å². The molecule has 21 heavy (non-hydrogen) atoms. The van der Waals surface area contributed by atoms with Crippen molar-refractivity contribution >= 4 is 0 Å². The largest absolute Gasteiger partial charge is 0.492 e. The van der Waals surface area contributed by atoms with Gasteiger partial charge < -0.3 is 10.1 Å². The standard InChI is InChI=1S/C17H23N3O/c1-2-8-18-17-7-4-14-13-15(5-6-16(14)17)21-12-11-20-10-3-9-19-20/h3,5-6,9-10,13,17-18H,2,4,7-8,11-12H2,1H3. The lowest BCUT2D eigenvalue weighted by atomic mass is 10.1. The van der Waals surface area contributed by atoms with Crippen molar-refractivity contribution in [3.05, 3.63) is 47.8 Å². The summed E-state index contributed by atoms with van der Waals surface area (Å²) in [7, 11) is 0. The summed E-state index contributed by atoms with van der Waals surface area (Å²) < 4.78 is 7.73. The molecule has 0 spiro atoms. The molecule has 0 bridgehead atoms. The third-order valence-electron chi connectivity index (χ3n) is 3.98. The Morgan fingerprint density at radius 1 is 1.43 bits per heavy atom. The quantitative estimate of drug-likeness (QED) is 0.850. The summed E-state index contributed by atoms with van der Waals surface area (Å²) in [4.78, 5) is 0. The van der Waals surface area contributed by atoms with Crippen LogP contribution in [0.3, 0.4) is 0 Å². The summed E-state index contributed by atoms with van der Waals surface area (Å²) in [6, 6.07) is 8.97. The molecule has 4 nitrogen and oxygen atoms in total. The molecule has 0 amide bonds. The highest BCUT2D eigenvalue weighted by Gasteiger charge is 2.21. The number of ether oxygens (including phenoxy) is 1. The maximum absolute atomic E-state index is 5.84. The van der Waals surface area contributed by atoms with Crippen molar-refractivity contribution in [2.45, 2.75) is 38.8 Å². The predicted octanol–water partition coefficient (Wildman–Crippen LogP) is 2.95. The molecule has 1 N–H and O–H groups in total. The first-order chi connectivity index (χ1) is 10.4. The molecular weight excluding hydrogens is 262 g/mol. The van der Waals surface area contributed by atoms with Crippen LogP contribution in [0, 0.1) is 0 Å². The Morgan fingerprint density at radius 3 is 3.19 bits per heavy atom. The Bertz CT molecular complexity index is 565. The molecule has 1 aromatic heterocycles.